The van der Waals surface area contributed by atoms with Crippen LogP contribution in [0.3, 0.4) is 0 Å². The third kappa shape index (κ3) is 4.07. The highest BCUT2D eigenvalue weighted by Gasteiger charge is 2.31. The van der Waals surface area contributed by atoms with Gasteiger partial charge in [-0.05, 0) is 50.2 Å². The minimum atomic E-state index is -0.502. The molecule has 0 unspecified atom stereocenters. The molecule has 2 saturated carbocycles. The molecular formula is C24H30N6O4. The normalized spacial score (nSPS) is 24.2. The van der Waals surface area contributed by atoms with Crippen molar-refractivity contribution in [2.45, 2.75) is 56.8 Å². The molecular weight excluding hydrogens is 436 g/mol. The summed E-state index contributed by atoms with van der Waals surface area (Å²) in [6.45, 7) is 0. The van der Waals surface area contributed by atoms with Gasteiger partial charge in [-0.2, -0.15) is 9.61 Å². The highest BCUT2D eigenvalue weighted by molar-refractivity contribution is 6.01. The number of hydrogen-bond donors (Lipinski definition) is 3. The van der Waals surface area contributed by atoms with Crippen molar-refractivity contribution in [3.63, 3.8) is 0 Å². The zero-order chi connectivity index (χ0) is 23.8. The van der Waals surface area contributed by atoms with E-state index >= 15 is 0 Å². The molecule has 34 heavy (non-hydrogen) atoms. The Morgan fingerprint density at radius 1 is 1.29 bits per heavy atom. The van der Waals surface area contributed by atoms with Crippen molar-refractivity contribution in [3.8, 4) is 0 Å². The van der Waals surface area contributed by atoms with Gasteiger partial charge in [-0.25, -0.2) is 4.98 Å². The standard InChI is InChI=1S/C24H30N6O4/c1-25-22-12-21(27-17-4-3-9-29(24(17)33)18-7-8-19(18)31)28-23-16(13-26-30(22)23)20(32)11-14-5-6-15(10-14)34-2/h3-4,9,12-15,18-19,25,31H,5-8,10-11H2,1-2H3,(H,27,28)/t14-,15-,18-,19+/m0/s1. The highest BCUT2D eigenvalue weighted by atomic mass is 16.5. The third-order valence-corrected chi connectivity index (χ3v) is 7.13. The number of pyridine rings is 1. The number of rotatable bonds is 8. The van der Waals surface area contributed by atoms with Gasteiger partial charge in [0.1, 0.15) is 17.3 Å². The van der Waals surface area contributed by atoms with Gasteiger partial charge in [-0.15, -0.1) is 0 Å². The number of fused-ring (bicyclic) bond motifs is 1. The molecule has 0 amide bonds. The maximum atomic E-state index is 13.1. The molecule has 4 atom stereocenters. The predicted octanol–water partition coefficient (Wildman–Crippen LogP) is 2.76. The lowest BCUT2D eigenvalue weighted by Gasteiger charge is -2.34. The molecule has 3 aromatic heterocycles. The number of aliphatic hydroxyl groups is 1. The zero-order valence-corrected chi connectivity index (χ0v) is 19.4. The summed E-state index contributed by atoms with van der Waals surface area (Å²) in [6.07, 6.45) is 7.72. The average molecular weight is 467 g/mol. The molecule has 2 fully saturated rings. The SMILES string of the molecule is CNc1cc(Nc2cccn([C@H]3CC[C@H]3O)c2=O)nc2c(C(=O)C[C@H]3CC[C@H](OC)C3)cnn12. The first-order chi connectivity index (χ1) is 16.5. The fraction of sp³-hybridized carbons (Fsp3) is 0.500. The lowest BCUT2D eigenvalue weighted by Crippen LogP contribution is -2.39. The first kappa shape index (κ1) is 22.5. The van der Waals surface area contributed by atoms with Crippen molar-refractivity contribution < 1.29 is 14.6 Å². The van der Waals surface area contributed by atoms with Crippen LogP contribution >= 0.6 is 0 Å². The number of carbonyl (C=O) groups is 1. The lowest BCUT2D eigenvalue weighted by atomic mass is 9.89. The molecule has 5 rings (SSSR count). The minimum Gasteiger partial charge on any atom is -0.391 e. The predicted molar refractivity (Wildman–Crippen MR) is 128 cm³/mol. The number of Topliss-reactive ketones (excluding diaryl/α,β-unsaturated/α-hetero) is 1. The van der Waals surface area contributed by atoms with E-state index in [-0.39, 0.29) is 23.5 Å². The molecule has 3 N–H and O–H groups in total. The monoisotopic (exact) mass is 466 g/mol. The number of methoxy groups -OCH3 is 1. The number of ether oxygens (including phenoxy) is 1. The molecule has 3 heterocycles. The first-order valence-electron chi connectivity index (χ1n) is 11.8. The summed E-state index contributed by atoms with van der Waals surface area (Å²) in [6, 6.07) is 4.99. The number of nitrogens with zero attached hydrogens (tertiary/aromatic N) is 4. The third-order valence-electron chi connectivity index (χ3n) is 7.13. The summed E-state index contributed by atoms with van der Waals surface area (Å²) in [5.74, 6) is 1.36. The van der Waals surface area contributed by atoms with E-state index in [9.17, 15) is 14.7 Å². The van der Waals surface area contributed by atoms with Crippen LogP contribution in [0.1, 0.15) is 54.9 Å². The Morgan fingerprint density at radius 2 is 2.15 bits per heavy atom. The maximum Gasteiger partial charge on any atom is 0.274 e. The van der Waals surface area contributed by atoms with Crippen molar-refractivity contribution in [1.29, 1.82) is 0 Å². The molecule has 0 radical (unpaired) electrons. The number of carbonyl (C=O) groups excluding carboxylic acids is 1. The Kier molecular flexibility index (Phi) is 6.09. The van der Waals surface area contributed by atoms with Gasteiger partial charge in [0.25, 0.3) is 5.56 Å². The molecule has 0 aromatic carbocycles. The number of hydrogen-bond acceptors (Lipinski definition) is 8. The summed E-state index contributed by atoms with van der Waals surface area (Å²) in [7, 11) is 3.48. The maximum absolute atomic E-state index is 13.1. The smallest absolute Gasteiger partial charge is 0.274 e. The second kappa shape index (κ2) is 9.19. The van der Waals surface area contributed by atoms with Crippen molar-refractivity contribution >= 4 is 28.8 Å². The van der Waals surface area contributed by atoms with Gasteiger partial charge in [0.05, 0.1) is 30.0 Å². The zero-order valence-electron chi connectivity index (χ0n) is 19.4. The van der Waals surface area contributed by atoms with Crippen LogP contribution in [0.25, 0.3) is 5.65 Å². The molecule has 10 heteroatoms. The second-order valence-electron chi connectivity index (χ2n) is 9.21. The van der Waals surface area contributed by atoms with Crippen LogP contribution in [-0.4, -0.2) is 56.4 Å². The topological polar surface area (TPSA) is 123 Å². The van der Waals surface area contributed by atoms with Crippen molar-refractivity contribution in [2.24, 2.45) is 5.92 Å². The molecule has 0 aliphatic heterocycles. The van der Waals surface area contributed by atoms with Crippen LogP contribution in [0, 0.1) is 5.92 Å². The molecule has 2 aliphatic carbocycles. The van der Waals surface area contributed by atoms with E-state index in [1.807, 2.05) is 0 Å². The molecule has 0 spiro atoms. The number of nitrogens with one attached hydrogen (secondary N) is 2. The van der Waals surface area contributed by atoms with Crippen LogP contribution in [-0.2, 0) is 4.74 Å². The molecule has 0 saturated heterocycles. The van der Waals surface area contributed by atoms with Gasteiger partial charge in [-0.3, -0.25) is 9.59 Å². The van der Waals surface area contributed by atoms with Crippen LogP contribution < -0.4 is 16.2 Å². The summed E-state index contributed by atoms with van der Waals surface area (Å²) in [4.78, 5) is 30.8. The fourth-order valence-electron chi connectivity index (χ4n) is 5.00. The molecule has 0 bridgehead atoms. The summed E-state index contributed by atoms with van der Waals surface area (Å²) in [5, 5.41) is 20.5. The van der Waals surface area contributed by atoms with E-state index in [0.29, 0.717) is 47.3 Å². The van der Waals surface area contributed by atoms with Crippen LogP contribution in [0.5, 0.6) is 0 Å². The van der Waals surface area contributed by atoms with Crippen LogP contribution in [0.2, 0.25) is 0 Å². The Hall–Kier alpha value is -3.24. The van der Waals surface area contributed by atoms with E-state index in [0.717, 1.165) is 25.7 Å². The largest absolute Gasteiger partial charge is 0.391 e. The van der Waals surface area contributed by atoms with Gasteiger partial charge in [-0.1, -0.05) is 0 Å². The summed E-state index contributed by atoms with van der Waals surface area (Å²) < 4.78 is 8.60. The van der Waals surface area contributed by atoms with E-state index in [1.54, 1.807) is 53.8 Å². The minimum absolute atomic E-state index is 0.00416. The quantitative estimate of drug-likeness (QED) is 0.433. The van der Waals surface area contributed by atoms with Gasteiger partial charge in [0, 0.05) is 32.8 Å². The molecule has 2 aliphatic rings. The Morgan fingerprint density at radius 3 is 2.82 bits per heavy atom. The van der Waals surface area contributed by atoms with Gasteiger partial charge in [0.2, 0.25) is 0 Å². The highest BCUT2D eigenvalue weighted by Crippen LogP contribution is 2.32. The van der Waals surface area contributed by atoms with Gasteiger partial charge < -0.3 is 25.0 Å². The Bertz CT molecular complexity index is 1270. The second-order valence-corrected chi connectivity index (χ2v) is 9.21. The number of ketones is 1. The molecule has 3 aromatic rings. The van der Waals surface area contributed by atoms with Gasteiger partial charge >= 0.3 is 0 Å². The van der Waals surface area contributed by atoms with E-state index in [2.05, 4.69) is 20.7 Å². The van der Waals surface area contributed by atoms with Crippen molar-refractivity contribution in [2.75, 3.05) is 24.8 Å². The lowest BCUT2D eigenvalue weighted by molar-refractivity contribution is 0.0300. The van der Waals surface area contributed by atoms with Crippen LogP contribution in [0.4, 0.5) is 17.3 Å². The number of anilines is 3. The van der Waals surface area contributed by atoms with Crippen molar-refractivity contribution in [1.82, 2.24) is 19.2 Å². The first-order valence-corrected chi connectivity index (χ1v) is 11.8. The molecule has 180 valence electrons. The van der Waals surface area contributed by atoms with Crippen LogP contribution in [0.15, 0.2) is 35.4 Å². The average Bonchev–Trinajstić information content (AvgIpc) is 3.47. The number of aromatic nitrogens is 4. The fourth-order valence-corrected chi connectivity index (χ4v) is 5.00. The summed E-state index contributed by atoms with van der Waals surface area (Å²) in [5.41, 5.74) is 1.03. The molecule has 10 nitrogen and oxygen atoms in total. The van der Waals surface area contributed by atoms with E-state index < -0.39 is 6.10 Å². The van der Waals surface area contributed by atoms with E-state index in [4.69, 9.17) is 4.74 Å². The van der Waals surface area contributed by atoms with Gasteiger partial charge in [0.15, 0.2) is 11.4 Å². The Balaban J connectivity index is 1.43. The van der Waals surface area contributed by atoms with E-state index in [1.165, 1.54) is 0 Å². The number of aliphatic hydroxyl groups excluding tert-OH is 1. The summed E-state index contributed by atoms with van der Waals surface area (Å²) >= 11 is 0. The van der Waals surface area contributed by atoms with Crippen molar-refractivity contribution in [3.05, 3.63) is 46.5 Å². The Labute approximate surface area is 197 Å².